The first-order chi connectivity index (χ1) is 12.2. The average molecular weight is 340 g/mol. The summed E-state index contributed by atoms with van der Waals surface area (Å²) in [6.07, 6.45) is 9.61. The maximum Gasteiger partial charge on any atom is 0.253 e. The molecule has 0 aromatic carbocycles. The van der Waals surface area contributed by atoms with Gasteiger partial charge in [-0.15, -0.1) is 0 Å². The highest BCUT2D eigenvalue weighted by Gasteiger charge is 2.31. The molecule has 0 radical (unpaired) electrons. The molecule has 5 heteroatoms. The molecule has 1 atom stereocenters. The van der Waals surface area contributed by atoms with Crippen molar-refractivity contribution in [1.82, 2.24) is 19.7 Å². The van der Waals surface area contributed by atoms with Crippen LogP contribution in [0.5, 0.6) is 0 Å². The van der Waals surface area contributed by atoms with E-state index >= 15 is 0 Å². The third kappa shape index (κ3) is 2.73. The number of aromatic amines is 1. The number of H-pyrrole nitrogens is 1. The number of piperidine rings is 1. The molecule has 1 saturated carbocycles. The van der Waals surface area contributed by atoms with Crippen molar-refractivity contribution >= 4 is 11.0 Å². The SMILES string of the molecule is Cn1nc(C2CCCN(CC3CC3)C2)c2c3c(c(=O)[nH]c21)CCCC3. The highest BCUT2D eigenvalue weighted by atomic mass is 16.1. The molecule has 1 unspecified atom stereocenters. The molecule has 0 amide bonds. The average Bonchev–Trinajstić information content (AvgIpc) is 3.38. The molecular formula is C20H28N4O. The monoisotopic (exact) mass is 340 g/mol. The van der Waals surface area contributed by atoms with Crippen LogP contribution in [0, 0.1) is 5.92 Å². The van der Waals surface area contributed by atoms with Crippen molar-refractivity contribution in [2.45, 2.75) is 57.3 Å². The molecule has 2 aliphatic carbocycles. The number of aryl methyl sites for hydroxylation is 2. The fourth-order valence-electron chi connectivity index (χ4n) is 5.00. The van der Waals surface area contributed by atoms with Crippen molar-refractivity contribution in [2.24, 2.45) is 13.0 Å². The topological polar surface area (TPSA) is 53.9 Å². The standard InChI is InChI=1S/C20H28N4O/c1-23-19-17(15-6-2-3-7-16(15)20(25)21-19)18(22-23)14-5-4-10-24(12-14)11-13-8-9-13/h13-14H,2-12H2,1H3,(H,21,25). The molecule has 5 rings (SSSR count). The maximum atomic E-state index is 12.5. The Bertz CT molecular complexity index is 861. The fraction of sp³-hybridized carbons (Fsp3) is 0.700. The molecule has 0 spiro atoms. The quantitative estimate of drug-likeness (QED) is 0.935. The number of rotatable bonds is 3. The summed E-state index contributed by atoms with van der Waals surface area (Å²) in [4.78, 5) is 18.3. The van der Waals surface area contributed by atoms with Gasteiger partial charge in [-0.1, -0.05) is 0 Å². The Morgan fingerprint density at radius 3 is 2.72 bits per heavy atom. The van der Waals surface area contributed by atoms with E-state index in [1.54, 1.807) is 0 Å². The first kappa shape index (κ1) is 15.6. The van der Waals surface area contributed by atoms with Gasteiger partial charge >= 0.3 is 0 Å². The van der Waals surface area contributed by atoms with Crippen LogP contribution in [0.4, 0.5) is 0 Å². The van der Waals surface area contributed by atoms with Crippen LogP contribution in [0.1, 0.15) is 61.3 Å². The van der Waals surface area contributed by atoms with E-state index in [9.17, 15) is 4.79 Å². The lowest BCUT2D eigenvalue weighted by atomic mass is 9.86. The minimum absolute atomic E-state index is 0.107. The van der Waals surface area contributed by atoms with E-state index < -0.39 is 0 Å². The molecule has 25 heavy (non-hydrogen) atoms. The van der Waals surface area contributed by atoms with Gasteiger partial charge in [-0.2, -0.15) is 5.10 Å². The number of fused-ring (bicyclic) bond motifs is 3. The Kier molecular flexibility index (Phi) is 3.73. The summed E-state index contributed by atoms with van der Waals surface area (Å²) in [6, 6.07) is 0. The predicted molar refractivity (Wildman–Crippen MR) is 99.1 cm³/mol. The van der Waals surface area contributed by atoms with E-state index in [0.29, 0.717) is 5.92 Å². The second-order valence-electron chi connectivity index (χ2n) is 8.39. The normalized spacial score (nSPS) is 24.6. The van der Waals surface area contributed by atoms with Crippen LogP contribution in [-0.4, -0.2) is 39.3 Å². The number of pyridine rings is 1. The van der Waals surface area contributed by atoms with Gasteiger partial charge in [-0.3, -0.25) is 9.48 Å². The lowest BCUT2D eigenvalue weighted by molar-refractivity contribution is 0.199. The number of nitrogens with zero attached hydrogens (tertiary/aromatic N) is 3. The van der Waals surface area contributed by atoms with E-state index in [1.165, 1.54) is 61.8 Å². The molecule has 2 fully saturated rings. The smallest absolute Gasteiger partial charge is 0.253 e. The summed E-state index contributed by atoms with van der Waals surface area (Å²) in [5, 5.41) is 6.18. The highest BCUT2D eigenvalue weighted by Crippen LogP contribution is 2.36. The minimum Gasteiger partial charge on any atom is -0.307 e. The second-order valence-corrected chi connectivity index (χ2v) is 8.39. The highest BCUT2D eigenvalue weighted by molar-refractivity contribution is 5.84. The third-order valence-electron chi connectivity index (χ3n) is 6.46. The van der Waals surface area contributed by atoms with Gasteiger partial charge in [0, 0.05) is 37.0 Å². The van der Waals surface area contributed by atoms with Gasteiger partial charge < -0.3 is 9.88 Å². The molecule has 0 bridgehead atoms. The van der Waals surface area contributed by atoms with Crippen molar-refractivity contribution < 1.29 is 0 Å². The first-order valence-corrected chi connectivity index (χ1v) is 10.0. The Balaban J connectivity index is 1.57. The van der Waals surface area contributed by atoms with Crippen LogP contribution in [0.15, 0.2) is 4.79 Å². The van der Waals surface area contributed by atoms with Gasteiger partial charge in [0.05, 0.1) is 5.69 Å². The zero-order valence-electron chi connectivity index (χ0n) is 15.2. The number of nitrogens with one attached hydrogen (secondary N) is 1. The Morgan fingerprint density at radius 1 is 1.12 bits per heavy atom. The van der Waals surface area contributed by atoms with Crippen LogP contribution < -0.4 is 5.56 Å². The second kappa shape index (κ2) is 5.97. The lowest BCUT2D eigenvalue weighted by Crippen LogP contribution is -2.36. The lowest BCUT2D eigenvalue weighted by Gasteiger charge is -2.32. The Labute approximate surface area is 148 Å². The van der Waals surface area contributed by atoms with Crippen molar-refractivity contribution in [1.29, 1.82) is 0 Å². The predicted octanol–water partition coefficient (Wildman–Crippen LogP) is 2.73. The Morgan fingerprint density at radius 2 is 1.92 bits per heavy atom. The summed E-state index contributed by atoms with van der Waals surface area (Å²) >= 11 is 0. The van der Waals surface area contributed by atoms with Gasteiger partial charge in [-0.05, 0) is 69.4 Å². The van der Waals surface area contributed by atoms with E-state index in [2.05, 4.69) is 9.88 Å². The van der Waals surface area contributed by atoms with Crippen LogP contribution in [0.25, 0.3) is 11.0 Å². The molecule has 1 N–H and O–H groups in total. The Hall–Kier alpha value is -1.62. The number of hydrogen-bond donors (Lipinski definition) is 1. The summed E-state index contributed by atoms with van der Waals surface area (Å²) in [6.45, 7) is 3.65. The van der Waals surface area contributed by atoms with E-state index in [1.807, 2.05) is 11.7 Å². The van der Waals surface area contributed by atoms with Crippen molar-refractivity contribution in [3.05, 3.63) is 27.2 Å². The number of aromatic nitrogens is 3. The van der Waals surface area contributed by atoms with E-state index in [0.717, 1.165) is 42.9 Å². The first-order valence-electron chi connectivity index (χ1n) is 10.0. The third-order valence-corrected chi connectivity index (χ3v) is 6.46. The van der Waals surface area contributed by atoms with Gasteiger partial charge in [0.1, 0.15) is 5.65 Å². The zero-order chi connectivity index (χ0) is 17.0. The molecule has 1 saturated heterocycles. The molecule has 134 valence electrons. The minimum atomic E-state index is 0.107. The van der Waals surface area contributed by atoms with Crippen LogP contribution in [0.2, 0.25) is 0 Å². The largest absolute Gasteiger partial charge is 0.307 e. The van der Waals surface area contributed by atoms with Crippen molar-refractivity contribution in [3.8, 4) is 0 Å². The molecule has 5 nitrogen and oxygen atoms in total. The molecular weight excluding hydrogens is 312 g/mol. The molecule has 2 aromatic rings. The van der Waals surface area contributed by atoms with Crippen molar-refractivity contribution in [2.75, 3.05) is 19.6 Å². The summed E-state index contributed by atoms with van der Waals surface area (Å²) < 4.78 is 1.90. The molecule has 2 aromatic heterocycles. The van der Waals surface area contributed by atoms with E-state index in [-0.39, 0.29) is 5.56 Å². The van der Waals surface area contributed by atoms with E-state index in [4.69, 9.17) is 5.10 Å². The number of hydrogen-bond acceptors (Lipinski definition) is 3. The van der Waals surface area contributed by atoms with Crippen LogP contribution in [-0.2, 0) is 19.9 Å². The summed E-state index contributed by atoms with van der Waals surface area (Å²) in [5.41, 5.74) is 4.61. The molecule has 3 heterocycles. The molecule has 1 aliphatic heterocycles. The summed E-state index contributed by atoms with van der Waals surface area (Å²) in [7, 11) is 1.97. The fourth-order valence-corrected chi connectivity index (χ4v) is 5.00. The van der Waals surface area contributed by atoms with Crippen molar-refractivity contribution in [3.63, 3.8) is 0 Å². The van der Waals surface area contributed by atoms with Crippen LogP contribution in [0.3, 0.4) is 0 Å². The van der Waals surface area contributed by atoms with Gasteiger partial charge in [0.2, 0.25) is 0 Å². The number of likely N-dealkylation sites (tertiary alicyclic amines) is 1. The maximum absolute atomic E-state index is 12.5. The van der Waals surface area contributed by atoms with Gasteiger partial charge in [-0.25, -0.2) is 0 Å². The zero-order valence-corrected chi connectivity index (χ0v) is 15.2. The van der Waals surface area contributed by atoms with Crippen LogP contribution >= 0.6 is 0 Å². The molecule has 3 aliphatic rings. The summed E-state index contributed by atoms with van der Waals surface area (Å²) in [5.74, 6) is 1.46. The van der Waals surface area contributed by atoms with Gasteiger partial charge in [0.25, 0.3) is 5.56 Å². The van der Waals surface area contributed by atoms with Gasteiger partial charge in [0.15, 0.2) is 0 Å².